The van der Waals surface area contributed by atoms with Crippen LogP contribution in [-0.4, -0.2) is 71.5 Å². The Labute approximate surface area is 632 Å². The van der Waals surface area contributed by atoms with Gasteiger partial charge in [-0.15, -0.1) is 0 Å². The van der Waals surface area contributed by atoms with Gasteiger partial charge in [0.05, 0.1) is 13.2 Å². The van der Waals surface area contributed by atoms with Crippen molar-refractivity contribution in [1.82, 2.24) is 9.80 Å². The Morgan fingerprint density at radius 1 is 0.296 bits per heavy atom. The fourth-order valence-corrected chi connectivity index (χ4v) is 13.7. The molecule has 2 fully saturated rings. The summed E-state index contributed by atoms with van der Waals surface area (Å²) < 4.78 is 68.6. The van der Waals surface area contributed by atoms with Gasteiger partial charge in [-0.2, -0.15) is 0 Å². The molecule has 2 aliphatic rings. The minimum Gasteiger partial charge on any atom is -0.485 e. The smallest absolute Gasteiger partial charge is 0.324 e. The summed E-state index contributed by atoms with van der Waals surface area (Å²) in [4.78, 5) is 37.1. The van der Waals surface area contributed by atoms with Gasteiger partial charge >= 0.3 is 11.9 Å². The minimum absolute atomic E-state index is 0.118. The third-order valence-corrected chi connectivity index (χ3v) is 19.3. The van der Waals surface area contributed by atoms with Crippen molar-refractivity contribution in [1.29, 1.82) is 0 Å². The highest BCUT2D eigenvalue weighted by Gasteiger charge is 2.50. The van der Waals surface area contributed by atoms with Crippen molar-refractivity contribution in [3.63, 3.8) is 0 Å². The number of ether oxygens (including phenoxy) is 10. The quantitative estimate of drug-likeness (QED) is 0.0361. The summed E-state index contributed by atoms with van der Waals surface area (Å²) in [5.74, 6) is 1.07. The predicted molar refractivity (Wildman–Crippen MR) is 415 cm³/mol. The Bertz CT molecular complexity index is 4310. The van der Waals surface area contributed by atoms with E-state index in [1.54, 1.807) is 0 Å². The first-order valence-electron chi connectivity index (χ1n) is 36.9. The summed E-state index contributed by atoms with van der Waals surface area (Å²) in [6, 6.07) is 110. The van der Waals surface area contributed by atoms with Crippen LogP contribution in [0.4, 0.5) is 0 Å². The summed E-state index contributed by atoms with van der Waals surface area (Å²) in [6.45, 7) is 2.46. The Morgan fingerprint density at radius 2 is 0.546 bits per heavy atom. The number of hydrogen-bond donors (Lipinski definition) is 0. The number of carbonyl (C=O) groups is 2. The van der Waals surface area contributed by atoms with Crippen LogP contribution < -0.4 is 18.9 Å². The molecular formula is C94H88N2O12. The summed E-state index contributed by atoms with van der Waals surface area (Å²) in [5.41, 5.74) is 11.0. The second-order valence-electron chi connectivity index (χ2n) is 27.2. The van der Waals surface area contributed by atoms with Gasteiger partial charge in [0.1, 0.15) is 50.7 Å². The maximum Gasteiger partial charge on any atom is 0.324 e. The average molecular weight is 1440 g/mol. The molecule has 0 spiro atoms. The van der Waals surface area contributed by atoms with E-state index in [1.807, 2.05) is 291 Å². The maximum atomic E-state index is 16.4. The molecule has 2 saturated heterocycles. The zero-order chi connectivity index (χ0) is 73.3. The highest BCUT2D eigenvalue weighted by Crippen LogP contribution is 2.40. The van der Waals surface area contributed by atoms with Crippen molar-refractivity contribution in [3.05, 3.63) is 406 Å². The molecule has 14 rings (SSSR count). The average Bonchev–Trinajstić information content (AvgIpc) is 0.779. The van der Waals surface area contributed by atoms with Gasteiger partial charge in [-0.05, 0) is 92.7 Å². The zero-order valence-electron chi connectivity index (χ0n) is 60.2. The summed E-state index contributed by atoms with van der Waals surface area (Å²) in [6.07, 6.45) is -6.10. The molecule has 108 heavy (non-hydrogen) atoms. The topological polar surface area (TPSA) is 133 Å². The molecule has 0 saturated carbocycles. The van der Waals surface area contributed by atoms with Gasteiger partial charge in [-0.25, -0.2) is 0 Å². The highest BCUT2D eigenvalue weighted by molar-refractivity contribution is 5.77. The minimum atomic E-state index is -1.14. The van der Waals surface area contributed by atoms with Gasteiger partial charge in [0.15, 0.2) is 47.8 Å². The molecule has 4 unspecified atom stereocenters. The highest BCUT2D eigenvalue weighted by atomic mass is 16.8. The molecule has 0 radical (unpaired) electrons. The first-order valence-corrected chi connectivity index (χ1v) is 36.9. The van der Waals surface area contributed by atoms with Crippen LogP contribution in [0.25, 0.3) is 0 Å². The molecule has 2 heterocycles. The molecule has 8 atom stereocenters. The van der Waals surface area contributed by atoms with Gasteiger partial charge in [-0.3, -0.25) is 19.4 Å². The third kappa shape index (κ3) is 20.6. The van der Waals surface area contributed by atoms with E-state index in [-0.39, 0.29) is 39.3 Å². The lowest BCUT2D eigenvalue weighted by Crippen LogP contribution is -2.59. The molecule has 0 aliphatic carbocycles. The fourth-order valence-electron chi connectivity index (χ4n) is 13.7. The lowest BCUT2D eigenvalue weighted by atomic mass is 9.98. The van der Waals surface area contributed by atoms with Crippen LogP contribution in [0.3, 0.4) is 0 Å². The van der Waals surface area contributed by atoms with E-state index in [9.17, 15) is 0 Å². The Hall–Kier alpha value is -11.5. The molecule has 14 nitrogen and oxygen atoms in total. The van der Waals surface area contributed by atoms with E-state index in [4.69, 9.17) is 47.4 Å². The second-order valence-corrected chi connectivity index (χ2v) is 27.2. The Kier molecular flexibility index (Phi) is 25.6. The molecule has 0 amide bonds. The molecule has 14 heteroatoms. The molecule has 12 aromatic rings. The second kappa shape index (κ2) is 37.7. The third-order valence-electron chi connectivity index (χ3n) is 19.3. The summed E-state index contributed by atoms with van der Waals surface area (Å²) >= 11 is 0. The van der Waals surface area contributed by atoms with Crippen LogP contribution in [0.1, 0.15) is 79.3 Å². The molecule has 0 aromatic heterocycles. The standard InChI is InChI=1S/C94H88N2O12/c97-91(81(95(59-69-31-11-1-12-32-69)60-70-33-13-2-14-34-70)55-77-51-53-83(99-63-73-39-19-5-20-40-73)85(57-77)101-65-75-43-23-7-24-44-75)105-87-67-103-93(79-47-27-9-28-48-79)107-89(87)90-88(68-104-94(108-90)80-49-29-10-30-50-80)106-92(98)82(96(61-71-35-15-3-16-36-71)62-72-37-17-4-18-38-72)56-78-52-54-84(100-64-74-41-21-6-22-42-74)86(58-78)102-66-76-45-25-8-26-46-76/h1-54,57-58,81-82,87-90,93-94H,55-56,59-68H2/t81?,82?,87-,88-,89-,90-,93?,94?/m1/s1. The molecule has 0 N–H and O–H groups in total. The van der Waals surface area contributed by atoms with E-state index >= 15 is 9.59 Å². The number of benzene rings is 12. The number of nitrogens with zero attached hydrogens (tertiary/aromatic N) is 2. The van der Waals surface area contributed by atoms with E-state index < -0.39 is 61.0 Å². The van der Waals surface area contributed by atoms with E-state index in [0.717, 1.165) is 66.8 Å². The SMILES string of the molecule is O=C(O[C@@H]1COC(c2ccccc2)O[C@H]1[C@@H]1OC(c2ccccc2)OC[C@H]1OC(=O)C(Cc1ccc(OCc2ccccc2)c(OCc2ccccc2)c1)N(Cc1ccccc1)Cc1ccccc1)C(Cc1ccc(OCc2ccccc2)c(OCc2ccccc2)c1)N(Cc1ccccc1)Cc1ccccc1. The first kappa shape index (κ1) is 73.4. The van der Waals surface area contributed by atoms with Crippen molar-refractivity contribution >= 4 is 11.9 Å². The molecular weight excluding hydrogens is 1350 g/mol. The van der Waals surface area contributed by atoms with E-state index in [2.05, 4.69) is 58.3 Å². The van der Waals surface area contributed by atoms with Crippen LogP contribution in [-0.2, 0) is 103 Å². The predicted octanol–water partition coefficient (Wildman–Crippen LogP) is 18.0. The lowest BCUT2D eigenvalue weighted by molar-refractivity contribution is -0.334. The molecule has 12 aromatic carbocycles. The zero-order valence-corrected chi connectivity index (χ0v) is 60.2. The number of esters is 2. The number of rotatable bonds is 33. The van der Waals surface area contributed by atoms with Crippen LogP contribution >= 0.6 is 0 Å². The van der Waals surface area contributed by atoms with Gasteiger partial charge in [0.25, 0.3) is 0 Å². The van der Waals surface area contributed by atoms with Crippen molar-refractivity contribution < 1.29 is 57.0 Å². The van der Waals surface area contributed by atoms with Crippen molar-refractivity contribution in [2.45, 2.75) is 115 Å². The van der Waals surface area contributed by atoms with Crippen molar-refractivity contribution in [3.8, 4) is 23.0 Å². The van der Waals surface area contributed by atoms with Crippen molar-refractivity contribution in [2.24, 2.45) is 0 Å². The first-order chi connectivity index (χ1) is 53.3. The maximum absolute atomic E-state index is 16.4. The monoisotopic (exact) mass is 1440 g/mol. The van der Waals surface area contributed by atoms with Crippen LogP contribution in [0.5, 0.6) is 23.0 Å². The summed E-state index contributed by atoms with van der Waals surface area (Å²) in [5, 5.41) is 0. The van der Waals surface area contributed by atoms with Crippen molar-refractivity contribution in [2.75, 3.05) is 13.2 Å². The molecule has 546 valence electrons. The van der Waals surface area contributed by atoms with Crippen LogP contribution in [0, 0.1) is 0 Å². The van der Waals surface area contributed by atoms with Gasteiger partial charge in [0, 0.05) is 37.3 Å². The van der Waals surface area contributed by atoms with Crippen LogP contribution in [0.15, 0.2) is 340 Å². The van der Waals surface area contributed by atoms with Gasteiger partial charge in [0.2, 0.25) is 0 Å². The van der Waals surface area contributed by atoms with E-state index in [0.29, 0.717) is 62.4 Å². The number of carbonyl (C=O) groups excluding carboxylic acids is 2. The Morgan fingerprint density at radius 3 is 0.824 bits per heavy atom. The van der Waals surface area contributed by atoms with Gasteiger partial charge in [-0.1, -0.05) is 315 Å². The van der Waals surface area contributed by atoms with E-state index in [1.165, 1.54) is 0 Å². The van der Waals surface area contributed by atoms with Crippen LogP contribution in [0.2, 0.25) is 0 Å². The van der Waals surface area contributed by atoms with Gasteiger partial charge < -0.3 is 47.4 Å². The fraction of sp³-hybridized carbons (Fsp3) is 0.213. The molecule has 0 bridgehead atoms. The number of hydrogen-bond acceptors (Lipinski definition) is 14. The molecule has 2 aliphatic heterocycles. The summed E-state index contributed by atoms with van der Waals surface area (Å²) in [7, 11) is 0. The normalized spacial score (nSPS) is 17.6. The lowest BCUT2D eigenvalue weighted by Gasteiger charge is -2.45. The Balaban J connectivity index is 0.832. The largest absolute Gasteiger partial charge is 0.485 e.